The van der Waals surface area contributed by atoms with Crippen LogP contribution in [0.4, 0.5) is 5.13 Å². The Labute approximate surface area is 115 Å². The van der Waals surface area contributed by atoms with Crippen LogP contribution in [0.2, 0.25) is 5.02 Å². The summed E-state index contributed by atoms with van der Waals surface area (Å²) in [6.07, 6.45) is 1.05. The standard InChI is InChI=1S/C12H15ClN2O2S/c1-4-5-14-12-15-10-8(17-3)6-7(16-2)9(13)11(10)18-12/h6H,4-5H2,1-3H3,(H,14,15). The second-order valence-electron chi connectivity index (χ2n) is 3.72. The van der Waals surface area contributed by atoms with Crippen molar-refractivity contribution in [2.24, 2.45) is 0 Å². The van der Waals surface area contributed by atoms with Gasteiger partial charge < -0.3 is 14.8 Å². The highest BCUT2D eigenvalue weighted by Crippen LogP contribution is 2.42. The Balaban J connectivity index is 2.54. The van der Waals surface area contributed by atoms with Crippen LogP contribution in [0, 0.1) is 0 Å². The first kappa shape index (κ1) is 13.2. The van der Waals surface area contributed by atoms with Crippen molar-refractivity contribution in [1.82, 2.24) is 4.98 Å². The predicted octanol–water partition coefficient (Wildman–Crippen LogP) is 3.79. The van der Waals surface area contributed by atoms with Gasteiger partial charge in [0.15, 0.2) is 5.13 Å². The monoisotopic (exact) mass is 286 g/mol. The Morgan fingerprint density at radius 3 is 2.67 bits per heavy atom. The van der Waals surface area contributed by atoms with E-state index in [9.17, 15) is 0 Å². The Bertz CT molecular complexity index is 556. The van der Waals surface area contributed by atoms with Gasteiger partial charge in [-0.3, -0.25) is 0 Å². The van der Waals surface area contributed by atoms with E-state index in [2.05, 4.69) is 17.2 Å². The summed E-state index contributed by atoms with van der Waals surface area (Å²) in [5, 5.41) is 4.68. The first-order valence-corrected chi connectivity index (χ1v) is 6.85. The molecule has 1 aromatic carbocycles. The number of thiazole rings is 1. The molecule has 0 aliphatic heterocycles. The van der Waals surface area contributed by atoms with Gasteiger partial charge in [-0.15, -0.1) is 0 Å². The predicted molar refractivity (Wildman–Crippen MR) is 76.5 cm³/mol. The van der Waals surface area contributed by atoms with E-state index < -0.39 is 0 Å². The highest BCUT2D eigenvalue weighted by molar-refractivity contribution is 7.22. The molecule has 1 N–H and O–H groups in total. The third kappa shape index (κ3) is 2.33. The van der Waals surface area contributed by atoms with Gasteiger partial charge in [0, 0.05) is 12.6 Å². The second kappa shape index (κ2) is 5.63. The summed E-state index contributed by atoms with van der Waals surface area (Å²) in [6.45, 7) is 2.99. The molecule has 0 bridgehead atoms. The van der Waals surface area contributed by atoms with Gasteiger partial charge in [0.05, 0.1) is 18.9 Å². The van der Waals surface area contributed by atoms with Gasteiger partial charge in [-0.1, -0.05) is 29.9 Å². The second-order valence-corrected chi connectivity index (χ2v) is 5.10. The fraction of sp³-hybridized carbons (Fsp3) is 0.417. The molecule has 0 aliphatic carbocycles. The molecule has 1 heterocycles. The van der Waals surface area contributed by atoms with Crippen LogP contribution < -0.4 is 14.8 Å². The van der Waals surface area contributed by atoms with Gasteiger partial charge >= 0.3 is 0 Å². The number of benzene rings is 1. The lowest BCUT2D eigenvalue weighted by atomic mass is 10.3. The minimum Gasteiger partial charge on any atom is -0.495 e. The van der Waals surface area contributed by atoms with Crippen molar-refractivity contribution in [2.45, 2.75) is 13.3 Å². The van der Waals surface area contributed by atoms with Crippen molar-refractivity contribution >= 4 is 38.3 Å². The zero-order chi connectivity index (χ0) is 13.1. The van der Waals surface area contributed by atoms with E-state index in [1.54, 1.807) is 20.3 Å². The quantitative estimate of drug-likeness (QED) is 0.908. The average Bonchev–Trinajstić information content (AvgIpc) is 2.81. The number of halogens is 1. The minimum absolute atomic E-state index is 0.579. The molecule has 2 rings (SSSR count). The van der Waals surface area contributed by atoms with Crippen molar-refractivity contribution in [2.75, 3.05) is 26.1 Å². The molecule has 0 aliphatic rings. The number of fused-ring (bicyclic) bond motifs is 1. The molecular weight excluding hydrogens is 272 g/mol. The topological polar surface area (TPSA) is 43.4 Å². The molecular formula is C12H15ClN2O2S. The van der Waals surface area contributed by atoms with Crippen LogP contribution >= 0.6 is 22.9 Å². The third-order valence-corrected chi connectivity index (χ3v) is 4.02. The van der Waals surface area contributed by atoms with E-state index in [4.69, 9.17) is 21.1 Å². The molecule has 18 heavy (non-hydrogen) atoms. The lowest BCUT2D eigenvalue weighted by molar-refractivity contribution is 0.398. The SMILES string of the molecule is CCCNc1nc2c(OC)cc(OC)c(Cl)c2s1. The molecule has 1 aromatic heterocycles. The number of ether oxygens (including phenoxy) is 2. The number of rotatable bonds is 5. The van der Waals surface area contributed by atoms with Gasteiger partial charge in [0.25, 0.3) is 0 Å². The molecule has 0 amide bonds. The van der Waals surface area contributed by atoms with Crippen LogP contribution in [0.15, 0.2) is 6.07 Å². The fourth-order valence-corrected chi connectivity index (χ4v) is 2.88. The molecule has 98 valence electrons. The highest BCUT2D eigenvalue weighted by atomic mass is 35.5. The minimum atomic E-state index is 0.579. The summed E-state index contributed by atoms with van der Waals surface area (Å²) in [5.41, 5.74) is 0.770. The number of hydrogen-bond acceptors (Lipinski definition) is 5. The molecule has 0 atom stereocenters. The molecule has 4 nitrogen and oxygen atoms in total. The Morgan fingerprint density at radius 1 is 1.33 bits per heavy atom. The van der Waals surface area contributed by atoms with Crippen molar-refractivity contribution in [3.05, 3.63) is 11.1 Å². The van der Waals surface area contributed by atoms with Crippen LogP contribution in [-0.2, 0) is 0 Å². The molecule has 0 fully saturated rings. The Kier molecular flexibility index (Phi) is 4.14. The number of aromatic nitrogens is 1. The van der Waals surface area contributed by atoms with Gasteiger partial charge in [-0.25, -0.2) is 4.98 Å². The Hall–Kier alpha value is -1.20. The highest BCUT2D eigenvalue weighted by Gasteiger charge is 2.16. The summed E-state index contributed by atoms with van der Waals surface area (Å²) in [4.78, 5) is 4.50. The number of nitrogens with zero attached hydrogens (tertiary/aromatic N) is 1. The number of methoxy groups -OCH3 is 2. The summed E-state index contributed by atoms with van der Waals surface area (Å²) in [5.74, 6) is 1.28. The number of nitrogens with one attached hydrogen (secondary N) is 1. The van der Waals surface area contributed by atoms with E-state index in [0.717, 1.165) is 28.3 Å². The normalized spacial score (nSPS) is 10.7. The maximum Gasteiger partial charge on any atom is 0.183 e. The zero-order valence-corrected chi connectivity index (χ0v) is 12.1. The summed E-state index contributed by atoms with van der Waals surface area (Å²) >= 11 is 7.79. The maximum absolute atomic E-state index is 6.28. The third-order valence-electron chi connectivity index (χ3n) is 2.50. The molecule has 0 spiro atoms. The lowest BCUT2D eigenvalue weighted by Gasteiger charge is -2.06. The van der Waals surface area contributed by atoms with Crippen molar-refractivity contribution in [3.63, 3.8) is 0 Å². The van der Waals surface area contributed by atoms with Crippen LogP contribution in [0.5, 0.6) is 11.5 Å². The van der Waals surface area contributed by atoms with E-state index in [1.807, 2.05) is 0 Å². The smallest absolute Gasteiger partial charge is 0.183 e. The van der Waals surface area contributed by atoms with E-state index in [0.29, 0.717) is 16.5 Å². The average molecular weight is 287 g/mol. The number of hydrogen-bond donors (Lipinski definition) is 1. The van der Waals surface area contributed by atoms with E-state index in [-0.39, 0.29) is 0 Å². The Morgan fingerprint density at radius 2 is 2.06 bits per heavy atom. The molecule has 2 aromatic rings. The summed E-state index contributed by atoms with van der Waals surface area (Å²) < 4.78 is 11.4. The molecule has 0 radical (unpaired) electrons. The first-order valence-electron chi connectivity index (χ1n) is 5.66. The molecule has 0 unspecified atom stereocenters. The molecule has 0 saturated carbocycles. The van der Waals surface area contributed by atoms with Crippen molar-refractivity contribution < 1.29 is 9.47 Å². The lowest BCUT2D eigenvalue weighted by Crippen LogP contribution is -1.98. The first-order chi connectivity index (χ1) is 8.71. The largest absolute Gasteiger partial charge is 0.495 e. The van der Waals surface area contributed by atoms with Crippen LogP contribution in [0.25, 0.3) is 10.2 Å². The van der Waals surface area contributed by atoms with Crippen molar-refractivity contribution in [3.8, 4) is 11.5 Å². The van der Waals surface area contributed by atoms with Gasteiger partial charge in [-0.05, 0) is 6.42 Å². The van der Waals surface area contributed by atoms with Crippen molar-refractivity contribution in [1.29, 1.82) is 0 Å². The molecule has 6 heteroatoms. The number of anilines is 1. The fourth-order valence-electron chi connectivity index (χ4n) is 1.61. The van der Waals surface area contributed by atoms with E-state index in [1.165, 1.54) is 11.3 Å². The van der Waals surface area contributed by atoms with Crippen LogP contribution in [0.1, 0.15) is 13.3 Å². The molecule has 0 saturated heterocycles. The van der Waals surface area contributed by atoms with Gasteiger partial charge in [0.1, 0.15) is 22.0 Å². The van der Waals surface area contributed by atoms with Crippen LogP contribution in [-0.4, -0.2) is 25.7 Å². The summed E-state index contributed by atoms with van der Waals surface area (Å²) in [6, 6.07) is 1.76. The summed E-state index contributed by atoms with van der Waals surface area (Å²) in [7, 11) is 3.20. The van der Waals surface area contributed by atoms with Crippen LogP contribution in [0.3, 0.4) is 0 Å². The van der Waals surface area contributed by atoms with Gasteiger partial charge in [-0.2, -0.15) is 0 Å². The zero-order valence-electron chi connectivity index (χ0n) is 10.5. The maximum atomic E-state index is 6.28. The van der Waals surface area contributed by atoms with E-state index >= 15 is 0 Å². The van der Waals surface area contributed by atoms with Gasteiger partial charge in [0.2, 0.25) is 0 Å².